The van der Waals surface area contributed by atoms with Crippen molar-refractivity contribution in [1.29, 1.82) is 0 Å². The van der Waals surface area contributed by atoms with Crippen LogP contribution >= 0.6 is 0 Å². The van der Waals surface area contributed by atoms with Crippen molar-refractivity contribution in [3.63, 3.8) is 0 Å². The fourth-order valence-electron chi connectivity index (χ4n) is 2.79. The summed E-state index contributed by atoms with van der Waals surface area (Å²) in [7, 11) is 2.29. The molecule has 0 aromatic carbocycles. The van der Waals surface area contributed by atoms with E-state index < -0.39 is 0 Å². The predicted molar refractivity (Wildman–Crippen MR) is 46.6 cm³/mol. The van der Waals surface area contributed by atoms with Gasteiger partial charge >= 0.3 is 0 Å². The van der Waals surface area contributed by atoms with Gasteiger partial charge in [0.25, 0.3) is 0 Å². The highest BCUT2D eigenvalue weighted by Gasteiger charge is 2.53. The summed E-state index contributed by atoms with van der Waals surface area (Å²) in [6.07, 6.45) is 2.34. The Balaban J connectivity index is 2.10. The third kappa shape index (κ3) is 1.12. The molecule has 2 aliphatic heterocycles. The Kier molecular flexibility index (Phi) is 1.49. The van der Waals surface area contributed by atoms with Crippen LogP contribution < -0.4 is 5.32 Å². The van der Waals surface area contributed by atoms with Gasteiger partial charge in [0, 0.05) is 19.8 Å². The maximum Gasteiger partial charge on any atom is 0.217 e. The molecule has 2 saturated heterocycles. The topological polar surface area (TPSA) is 29.1 Å². The number of carbonyl (C=O) groups is 1. The minimum Gasteiger partial charge on any atom is -0.345 e. The number of nitrogens with one attached hydrogen (secondary N) is 1. The first-order valence-electron chi connectivity index (χ1n) is 4.66. The third-order valence-corrected chi connectivity index (χ3v) is 3.39. The molecule has 0 aliphatic carbocycles. The molecular weight excluding hydrogens is 152 g/mol. The molecule has 2 fully saturated rings. The smallest absolute Gasteiger partial charge is 0.217 e. The van der Waals surface area contributed by atoms with Gasteiger partial charge in [-0.15, -0.1) is 0 Å². The van der Waals surface area contributed by atoms with Crippen LogP contribution in [0.25, 0.3) is 0 Å². The van der Waals surface area contributed by atoms with E-state index in [0.29, 0.717) is 0 Å². The van der Waals surface area contributed by atoms with Gasteiger partial charge in [-0.05, 0) is 0 Å². The standard InChI is InChI=1S/C9H16N2O/c1-8(12)10-9-3-5-11(2,7-9)6-4-9/h3-7H2,1-2H3/p+1. The minimum atomic E-state index is 0.130. The molecule has 0 unspecified atom stereocenters. The summed E-state index contributed by atoms with van der Waals surface area (Å²) in [5, 5.41) is 3.12. The maximum atomic E-state index is 11.0. The molecular formula is C9H17N2O+. The second kappa shape index (κ2) is 2.22. The average molecular weight is 169 g/mol. The molecule has 0 aromatic heterocycles. The van der Waals surface area contributed by atoms with Gasteiger partial charge in [0.1, 0.15) is 6.54 Å². The molecule has 12 heavy (non-hydrogen) atoms. The lowest BCUT2D eigenvalue weighted by atomic mass is 9.95. The maximum absolute atomic E-state index is 11.0. The number of nitrogens with zero attached hydrogens (tertiary/aromatic N) is 1. The van der Waals surface area contributed by atoms with E-state index in [9.17, 15) is 4.79 Å². The van der Waals surface area contributed by atoms with E-state index in [-0.39, 0.29) is 11.4 Å². The molecule has 2 aliphatic rings. The molecule has 68 valence electrons. The highest BCUT2D eigenvalue weighted by atomic mass is 16.1. The number of piperidine rings is 1. The number of hydrogen-bond donors (Lipinski definition) is 1. The Bertz CT molecular complexity index is 217. The molecule has 0 saturated carbocycles. The number of hydrogen-bond acceptors (Lipinski definition) is 1. The minimum absolute atomic E-state index is 0.130. The summed E-state index contributed by atoms with van der Waals surface area (Å²) in [6, 6.07) is 0. The predicted octanol–water partition coefficient (Wildman–Crippen LogP) is 0.115. The van der Waals surface area contributed by atoms with Gasteiger partial charge in [-0.2, -0.15) is 0 Å². The monoisotopic (exact) mass is 169 g/mol. The number of fused-ring (bicyclic) bond motifs is 2. The lowest BCUT2D eigenvalue weighted by Crippen LogP contribution is -2.46. The molecule has 2 rings (SSSR count). The van der Waals surface area contributed by atoms with Crippen LogP contribution in [0.1, 0.15) is 19.8 Å². The number of amides is 1. The number of carbonyl (C=O) groups excluding carboxylic acids is 1. The summed E-state index contributed by atoms with van der Waals surface area (Å²) in [5.41, 5.74) is 0.167. The van der Waals surface area contributed by atoms with Crippen LogP contribution in [-0.2, 0) is 4.79 Å². The van der Waals surface area contributed by atoms with Gasteiger partial charge < -0.3 is 9.80 Å². The molecule has 0 aromatic rings. The summed E-state index contributed by atoms with van der Waals surface area (Å²) < 4.78 is 1.17. The van der Waals surface area contributed by atoms with Gasteiger partial charge in [0.05, 0.1) is 25.7 Å². The van der Waals surface area contributed by atoms with E-state index in [1.54, 1.807) is 6.92 Å². The molecule has 0 radical (unpaired) electrons. The van der Waals surface area contributed by atoms with Gasteiger partial charge in [-0.1, -0.05) is 0 Å². The van der Waals surface area contributed by atoms with E-state index in [0.717, 1.165) is 6.54 Å². The Morgan fingerprint density at radius 1 is 1.42 bits per heavy atom. The van der Waals surface area contributed by atoms with Gasteiger partial charge in [-0.25, -0.2) is 0 Å². The van der Waals surface area contributed by atoms with Gasteiger partial charge in [0.2, 0.25) is 5.91 Å². The quantitative estimate of drug-likeness (QED) is 0.555. The summed E-state index contributed by atoms with van der Waals surface area (Å²) in [5.74, 6) is 0.130. The molecule has 3 heteroatoms. The van der Waals surface area contributed by atoms with E-state index in [1.807, 2.05) is 0 Å². The number of rotatable bonds is 1. The largest absolute Gasteiger partial charge is 0.345 e. The molecule has 0 spiro atoms. The molecule has 3 nitrogen and oxygen atoms in total. The molecule has 1 amide bonds. The van der Waals surface area contributed by atoms with E-state index >= 15 is 0 Å². The number of quaternary nitrogens is 1. The lowest BCUT2D eigenvalue weighted by Gasteiger charge is -2.25. The summed E-state index contributed by atoms with van der Waals surface area (Å²) in [6.45, 7) is 5.24. The first-order valence-corrected chi connectivity index (χ1v) is 4.66. The lowest BCUT2D eigenvalue weighted by molar-refractivity contribution is -0.889. The third-order valence-electron chi connectivity index (χ3n) is 3.39. The molecule has 0 atom stereocenters. The zero-order valence-electron chi connectivity index (χ0n) is 7.89. The average Bonchev–Trinajstić information content (AvgIpc) is 2.39. The highest BCUT2D eigenvalue weighted by Crippen LogP contribution is 2.36. The Labute approximate surface area is 73.3 Å². The first-order chi connectivity index (χ1) is 5.54. The van der Waals surface area contributed by atoms with Crippen LogP contribution in [0.2, 0.25) is 0 Å². The van der Waals surface area contributed by atoms with Crippen LogP contribution in [-0.4, -0.2) is 42.6 Å². The van der Waals surface area contributed by atoms with Crippen molar-refractivity contribution in [2.75, 3.05) is 26.7 Å². The summed E-state index contributed by atoms with van der Waals surface area (Å²) >= 11 is 0. The van der Waals surface area contributed by atoms with Crippen LogP contribution in [0.3, 0.4) is 0 Å². The van der Waals surface area contributed by atoms with Crippen molar-refractivity contribution in [3.8, 4) is 0 Å². The normalized spacial score (nSPS) is 44.8. The van der Waals surface area contributed by atoms with Crippen molar-refractivity contribution in [1.82, 2.24) is 5.32 Å². The van der Waals surface area contributed by atoms with E-state index in [4.69, 9.17) is 0 Å². The second-order valence-electron chi connectivity index (χ2n) is 4.69. The fourth-order valence-corrected chi connectivity index (χ4v) is 2.79. The van der Waals surface area contributed by atoms with Crippen LogP contribution in [0.5, 0.6) is 0 Å². The van der Waals surface area contributed by atoms with Crippen molar-refractivity contribution >= 4 is 5.91 Å². The van der Waals surface area contributed by atoms with Crippen LogP contribution in [0.4, 0.5) is 0 Å². The van der Waals surface area contributed by atoms with Crippen molar-refractivity contribution in [2.24, 2.45) is 0 Å². The van der Waals surface area contributed by atoms with E-state index in [2.05, 4.69) is 12.4 Å². The molecule has 2 bridgehead atoms. The molecule has 1 N–H and O–H groups in total. The van der Waals surface area contributed by atoms with Crippen LogP contribution in [0, 0.1) is 0 Å². The first kappa shape index (κ1) is 8.05. The van der Waals surface area contributed by atoms with E-state index in [1.165, 1.54) is 30.4 Å². The van der Waals surface area contributed by atoms with Crippen molar-refractivity contribution < 1.29 is 9.28 Å². The highest BCUT2D eigenvalue weighted by molar-refractivity contribution is 5.74. The van der Waals surface area contributed by atoms with Crippen molar-refractivity contribution in [3.05, 3.63) is 0 Å². The zero-order valence-corrected chi connectivity index (χ0v) is 7.89. The Hall–Kier alpha value is -0.570. The fraction of sp³-hybridized carbons (Fsp3) is 0.889. The van der Waals surface area contributed by atoms with Crippen molar-refractivity contribution in [2.45, 2.75) is 25.3 Å². The zero-order chi connectivity index (χ0) is 8.82. The number of likely N-dealkylation sites (N-methyl/N-ethyl adjacent to an activating group) is 1. The Morgan fingerprint density at radius 3 is 2.33 bits per heavy atom. The van der Waals surface area contributed by atoms with Crippen LogP contribution in [0.15, 0.2) is 0 Å². The molecule has 2 heterocycles. The second-order valence-corrected chi connectivity index (χ2v) is 4.69. The van der Waals surface area contributed by atoms with Gasteiger partial charge in [0.15, 0.2) is 0 Å². The van der Waals surface area contributed by atoms with Gasteiger partial charge in [-0.3, -0.25) is 4.79 Å². The summed E-state index contributed by atoms with van der Waals surface area (Å²) in [4.78, 5) is 11.0. The Morgan fingerprint density at radius 2 is 2.00 bits per heavy atom. The SMILES string of the molecule is CC(=O)NC12CC[N+](C)(CC1)C2.